The minimum atomic E-state index is 0.709. The lowest BCUT2D eigenvalue weighted by atomic mass is 10.3. The van der Waals surface area contributed by atoms with E-state index >= 15 is 0 Å². The Morgan fingerprint density at radius 2 is 2.06 bits per heavy atom. The molecule has 0 unspecified atom stereocenters. The number of aryl methyl sites for hydroxylation is 2. The van der Waals surface area contributed by atoms with Crippen LogP contribution in [0.25, 0.3) is 5.78 Å². The Kier molecular flexibility index (Phi) is 3.99. The van der Waals surface area contributed by atoms with Crippen molar-refractivity contribution < 1.29 is 0 Å². The lowest BCUT2D eigenvalue weighted by Crippen LogP contribution is -1.97. The Morgan fingerprint density at radius 3 is 2.82 bits per heavy atom. The van der Waals surface area contributed by atoms with E-state index in [1.807, 2.05) is 11.3 Å². The van der Waals surface area contributed by atoms with Crippen LogP contribution in [0, 0.1) is 13.8 Å². The average molecular weight is 250 g/mol. The fourth-order valence-corrected chi connectivity index (χ4v) is 2.79. The van der Waals surface area contributed by atoms with Gasteiger partial charge in [-0.05, 0) is 26.3 Å². The summed E-state index contributed by atoms with van der Waals surface area (Å²) in [6.45, 7) is 6.27. The van der Waals surface area contributed by atoms with Crippen LogP contribution in [0.3, 0.4) is 0 Å². The van der Waals surface area contributed by atoms with E-state index in [4.69, 9.17) is 0 Å². The quantitative estimate of drug-likeness (QED) is 0.604. The second-order valence-electron chi connectivity index (χ2n) is 4.21. The molecule has 17 heavy (non-hydrogen) atoms. The van der Waals surface area contributed by atoms with Gasteiger partial charge in [-0.25, -0.2) is 4.98 Å². The summed E-state index contributed by atoms with van der Waals surface area (Å²) in [7, 11) is 0. The molecule has 92 valence electrons. The predicted molar refractivity (Wildman–Crippen MR) is 70.5 cm³/mol. The fourth-order valence-electron chi connectivity index (χ4n) is 1.81. The Balaban J connectivity index is 2.18. The Hall–Kier alpha value is -1.10. The third-order valence-electron chi connectivity index (χ3n) is 2.64. The van der Waals surface area contributed by atoms with Crippen LogP contribution in [-0.4, -0.2) is 25.3 Å². The van der Waals surface area contributed by atoms with E-state index in [-0.39, 0.29) is 0 Å². The van der Waals surface area contributed by atoms with Gasteiger partial charge < -0.3 is 0 Å². The van der Waals surface area contributed by atoms with Crippen molar-refractivity contribution in [1.82, 2.24) is 19.6 Å². The molecule has 0 bridgehead atoms. The molecule has 0 spiro atoms. The molecule has 0 aromatic carbocycles. The maximum atomic E-state index is 4.38. The van der Waals surface area contributed by atoms with E-state index < -0.39 is 0 Å². The molecule has 5 heteroatoms. The highest BCUT2D eigenvalue weighted by atomic mass is 32.2. The maximum absolute atomic E-state index is 4.38. The van der Waals surface area contributed by atoms with E-state index in [2.05, 4.69) is 35.1 Å². The molecule has 0 saturated carbocycles. The number of rotatable bonds is 5. The molecule has 0 aliphatic heterocycles. The first kappa shape index (κ1) is 12.4. The van der Waals surface area contributed by atoms with E-state index in [0.29, 0.717) is 5.78 Å². The summed E-state index contributed by atoms with van der Waals surface area (Å²) in [5, 5.41) is 9.29. The van der Waals surface area contributed by atoms with Gasteiger partial charge in [-0.15, -0.1) is 10.2 Å². The van der Waals surface area contributed by atoms with Crippen molar-refractivity contribution >= 4 is 17.5 Å². The summed E-state index contributed by atoms with van der Waals surface area (Å²) in [5.41, 5.74) is 2.14. The van der Waals surface area contributed by atoms with Crippen molar-refractivity contribution in [1.29, 1.82) is 0 Å². The SMILES string of the molecule is CCCCCSc1nnc2nc(C)cc(C)n12. The number of hydrogen-bond acceptors (Lipinski definition) is 4. The fraction of sp³-hybridized carbons (Fsp3) is 0.583. The van der Waals surface area contributed by atoms with Crippen molar-refractivity contribution in [2.24, 2.45) is 0 Å². The molecule has 0 saturated heterocycles. The summed E-state index contributed by atoms with van der Waals surface area (Å²) in [6, 6.07) is 2.06. The summed E-state index contributed by atoms with van der Waals surface area (Å²) in [5.74, 6) is 1.81. The van der Waals surface area contributed by atoms with Gasteiger partial charge in [0.2, 0.25) is 0 Å². The van der Waals surface area contributed by atoms with Gasteiger partial charge in [0.05, 0.1) is 0 Å². The first-order valence-corrected chi connectivity index (χ1v) is 7.03. The molecule has 2 heterocycles. The Morgan fingerprint density at radius 1 is 1.24 bits per heavy atom. The number of aromatic nitrogens is 4. The van der Waals surface area contributed by atoms with Gasteiger partial charge >= 0.3 is 0 Å². The summed E-state index contributed by atoms with van der Waals surface area (Å²) in [6.07, 6.45) is 3.76. The molecule has 0 amide bonds. The summed E-state index contributed by atoms with van der Waals surface area (Å²) >= 11 is 1.77. The van der Waals surface area contributed by atoms with Crippen LogP contribution in [0.5, 0.6) is 0 Å². The van der Waals surface area contributed by atoms with Crippen LogP contribution in [0.1, 0.15) is 37.6 Å². The molecule has 2 rings (SSSR count). The van der Waals surface area contributed by atoms with Crippen LogP contribution >= 0.6 is 11.8 Å². The van der Waals surface area contributed by atoms with E-state index in [1.54, 1.807) is 11.8 Å². The van der Waals surface area contributed by atoms with Gasteiger partial charge in [0.1, 0.15) is 0 Å². The van der Waals surface area contributed by atoms with E-state index in [0.717, 1.165) is 22.3 Å². The minimum Gasteiger partial charge on any atom is -0.259 e. The number of unbranched alkanes of at least 4 members (excludes halogenated alkanes) is 2. The number of nitrogens with zero attached hydrogens (tertiary/aromatic N) is 4. The van der Waals surface area contributed by atoms with Gasteiger partial charge in [0, 0.05) is 17.1 Å². The molecule has 2 aromatic rings. The molecule has 0 N–H and O–H groups in total. The molecule has 0 radical (unpaired) electrons. The van der Waals surface area contributed by atoms with Crippen molar-refractivity contribution in [3.05, 3.63) is 17.5 Å². The highest BCUT2D eigenvalue weighted by Gasteiger charge is 2.09. The zero-order valence-electron chi connectivity index (χ0n) is 10.6. The van der Waals surface area contributed by atoms with Crippen LogP contribution in [0.4, 0.5) is 0 Å². The molecule has 0 atom stereocenters. The van der Waals surface area contributed by atoms with E-state index in [1.165, 1.54) is 19.3 Å². The zero-order chi connectivity index (χ0) is 12.3. The van der Waals surface area contributed by atoms with Gasteiger partial charge in [0.15, 0.2) is 5.16 Å². The van der Waals surface area contributed by atoms with Crippen molar-refractivity contribution in [3.63, 3.8) is 0 Å². The largest absolute Gasteiger partial charge is 0.259 e. The van der Waals surface area contributed by atoms with Crippen molar-refractivity contribution in [3.8, 4) is 0 Å². The Bertz CT molecular complexity index is 506. The molecule has 0 aliphatic rings. The average Bonchev–Trinajstić information content (AvgIpc) is 2.68. The highest BCUT2D eigenvalue weighted by molar-refractivity contribution is 7.99. The topological polar surface area (TPSA) is 43.1 Å². The molecule has 4 nitrogen and oxygen atoms in total. The summed E-state index contributed by atoms with van der Waals surface area (Å²) in [4.78, 5) is 4.38. The van der Waals surface area contributed by atoms with Crippen LogP contribution in [0.2, 0.25) is 0 Å². The smallest absolute Gasteiger partial charge is 0.256 e. The minimum absolute atomic E-state index is 0.709. The third kappa shape index (κ3) is 2.77. The zero-order valence-corrected chi connectivity index (χ0v) is 11.4. The van der Waals surface area contributed by atoms with Gasteiger partial charge in [-0.1, -0.05) is 31.5 Å². The van der Waals surface area contributed by atoms with Crippen LogP contribution in [0.15, 0.2) is 11.2 Å². The lowest BCUT2D eigenvalue weighted by molar-refractivity contribution is 0.776. The molecule has 2 aromatic heterocycles. The highest BCUT2D eigenvalue weighted by Crippen LogP contribution is 2.19. The maximum Gasteiger partial charge on any atom is 0.256 e. The third-order valence-corrected chi connectivity index (χ3v) is 3.66. The second kappa shape index (κ2) is 5.49. The lowest BCUT2D eigenvalue weighted by Gasteiger charge is -2.03. The van der Waals surface area contributed by atoms with Crippen molar-refractivity contribution in [2.75, 3.05) is 5.75 Å². The van der Waals surface area contributed by atoms with Crippen LogP contribution < -0.4 is 0 Å². The van der Waals surface area contributed by atoms with Crippen molar-refractivity contribution in [2.45, 2.75) is 45.2 Å². The van der Waals surface area contributed by atoms with Crippen LogP contribution in [-0.2, 0) is 0 Å². The normalized spacial score (nSPS) is 11.2. The van der Waals surface area contributed by atoms with Gasteiger partial charge in [0.25, 0.3) is 5.78 Å². The van der Waals surface area contributed by atoms with Gasteiger partial charge in [-0.3, -0.25) is 4.40 Å². The second-order valence-corrected chi connectivity index (χ2v) is 5.27. The standard InChI is InChI=1S/C12H18N4S/c1-4-5-6-7-17-12-15-14-11-13-9(2)8-10(3)16(11)12/h8H,4-7H2,1-3H3. The molecular formula is C12H18N4S. The summed E-state index contributed by atoms with van der Waals surface area (Å²) < 4.78 is 2.03. The molecule has 0 fully saturated rings. The first-order valence-electron chi connectivity index (χ1n) is 6.04. The van der Waals surface area contributed by atoms with E-state index in [9.17, 15) is 0 Å². The number of fused-ring (bicyclic) bond motifs is 1. The monoisotopic (exact) mass is 250 g/mol. The first-order chi connectivity index (χ1) is 8.22. The number of hydrogen-bond donors (Lipinski definition) is 0. The Labute approximate surface area is 106 Å². The number of thioether (sulfide) groups is 1. The molecule has 0 aliphatic carbocycles. The van der Waals surface area contributed by atoms with Gasteiger partial charge in [-0.2, -0.15) is 0 Å². The molecular weight excluding hydrogens is 232 g/mol. The predicted octanol–water partition coefficient (Wildman–Crippen LogP) is 3.02.